The van der Waals surface area contributed by atoms with Crippen molar-refractivity contribution in [1.29, 1.82) is 0 Å². The number of ether oxygens (including phenoxy) is 1. The number of alkyl halides is 3. The van der Waals surface area contributed by atoms with Crippen LogP contribution in [0.4, 0.5) is 37.2 Å². The fourth-order valence-electron chi connectivity index (χ4n) is 2.66. The summed E-state index contributed by atoms with van der Waals surface area (Å²) in [5.74, 6) is -4.60. The molecule has 0 spiro atoms. The first kappa shape index (κ1) is 27.9. The third-order valence-electron chi connectivity index (χ3n) is 4.23. The number of carbonyl (C=O) groups excluding carboxylic acids is 3. The maximum atomic E-state index is 13.6. The molecule has 3 aromatic rings. The standard InChI is InChI=1S/C21H10Cl3F5N4O4/c22-10-5-9(6-11(23)16(10)37-18-12(24)4-8(7-30-18)21(27,28)29)31-19(35)33-20(36)32-17(34)15-13(25)2-1-3-14(15)26/h1-7H,(H3,31,32,33,34,35,36). The molecule has 0 fully saturated rings. The number of nitrogens with one attached hydrogen (secondary N) is 3. The van der Waals surface area contributed by atoms with E-state index in [0.717, 1.165) is 30.3 Å². The smallest absolute Gasteiger partial charge is 0.417 e. The molecule has 1 aromatic heterocycles. The van der Waals surface area contributed by atoms with Crippen LogP contribution in [-0.4, -0.2) is 23.0 Å². The molecule has 0 aliphatic carbocycles. The zero-order chi connectivity index (χ0) is 27.5. The van der Waals surface area contributed by atoms with Gasteiger partial charge in [-0.2, -0.15) is 13.2 Å². The van der Waals surface area contributed by atoms with Gasteiger partial charge in [0.05, 0.1) is 15.6 Å². The number of pyridine rings is 1. The van der Waals surface area contributed by atoms with Gasteiger partial charge in [0.25, 0.3) is 5.91 Å². The van der Waals surface area contributed by atoms with Gasteiger partial charge in [0.1, 0.15) is 22.2 Å². The second kappa shape index (κ2) is 11.2. The van der Waals surface area contributed by atoms with Gasteiger partial charge in [0.15, 0.2) is 5.75 Å². The molecule has 0 aliphatic heterocycles. The molecule has 3 N–H and O–H groups in total. The predicted octanol–water partition coefficient (Wildman–Crippen LogP) is 6.80. The summed E-state index contributed by atoms with van der Waals surface area (Å²) < 4.78 is 70.8. The van der Waals surface area contributed by atoms with Crippen molar-refractivity contribution in [3.8, 4) is 11.6 Å². The summed E-state index contributed by atoms with van der Waals surface area (Å²) in [5.41, 5.74) is -2.24. The second-order valence-electron chi connectivity index (χ2n) is 6.84. The van der Waals surface area contributed by atoms with Crippen molar-refractivity contribution in [2.24, 2.45) is 0 Å². The number of urea groups is 2. The summed E-state index contributed by atoms with van der Waals surface area (Å²) in [6.45, 7) is 0. The first-order valence-corrected chi connectivity index (χ1v) is 10.7. The second-order valence-corrected chi connectivity index (χ2v) is 8.06. The van der Waals surface area contributed by atoms with Crippen LogP contribution in [0.3, 0.4) is 0 Å². The number of halogens is 8. The maximum Gasteiger partial charge on any atom is 0.417 e. The minimum atomic E-state index is -4.68. The zero-order valence-electron chi connectivity index (χ0n) is 17.6. The Hall–Kier alpha value is -3.68. The Bertz CT molecular complexity index is 1360. The van der Waals surface area contributed by atoms with E-state index in [1.165, 1.54) is 0 Å². The van der Waals surface area contributed by atoms with Crippen LogP contribution < -0.4 is 20.7 Å². The number of aromatic nitrogens is 1. The normalized spacial score (nSPS) is 11.0. The number of hydrogen-bond donors (Lipinski definition) is 3. The van der Waals surface area contributed by atoms with Gasteiger partial charge in [0, 0.05) is 11.9 Å². The topological polar surface area (TPSA) is 109 Å². The monoisotopic (exact) mass is 582 g/mol. The van der Waals surface area contributed by atoms with Gasteiger partial charge >= 0.3 is 18.2 Å². The van der Waals surface area contributed by atoms with Crippen molar-refractivity contribution in [3.05, 3.63) is 80.4 Å². The van der Waals surface area contributed by atoms with Gasteiger partial charge in [0.2, 0.25) is 5.88 Å². The largest absolute Gasteiger partial charge is 0.434 e. The summed E-state index contributed by atoms with van der Waals surface area (Å²) >= 11 is 17.9. The Morgan fingerprint density at radius 2 is 1.46 bits per heavy atom. The van der Waals surface area contributed by atoms with E-state index in [-0.39, 0.29) is 21.5 Å². The first-order valence-electron chi connectivity index (χ1n) is 9.53. The molecule has 5 amide bonds. The molecular weight excluding hydrogens is 574 g/mol. The third-order valence-corrected chi connectivity index (χ3v) is 5.07. The van der Waals surface area contributed by atoms with Gasteiger partial charge in [-0.25, -0.2) is 23.4 Å². The van der Waals surface area contributed by atoms with Crippen LogP contribution in [-0.2, 0) is 6.18 Å². The minimum Gasteiger partial charge on any atom is -0.434 e. The van der Waals surface area contributed by atoms with Crippen molar-refractivity contribution in [1.82, 2.24) is 15.6 Å². The molecule has 16 heteroatoms. The van der Waals surface area contributed by atoms with E-state index >= 15 is 0 Å². The van der Waals surface area contributed by atoms with E-state index < -0.39 is 57.8 Å². The van der Waals surface area contributed by atoms with E-state index in [9.17, 15) is 36.3 Å². The van der Waals surface area contributed by atoms with Gasteiger partial charge in [-0.15, -0.1) is 0 Å². The number of anilines is 1. The average Bonchev–Trinajstić information content (AvgIpc) is 2.76. The molecule has 0 unspecified atom stereocenters. The van der Waals surface area contributed by atoms with Crippen LogP contribution in [0.5, 0.6) is 11.6 Å². The molecule has 194 valence electrons. The van der Waals surface area contributed by atoms with Crippen molar-refractivity contribution in [2.75, 3.05) is 5.32 Å². The minimum absolute atomic E-state index is 0.0920. The number of benzene rings is 2. The lowest BCUT2D eigenvalue weighted by Gasteiger charge is -2.14. The molecule has 2 aromatic carbocycles. The Morgan fingerprint density at radius 3 is 2.00 bits per heavy atom. The van der Waals surface area contributed by atoms with Crippen molar-refractivity contribution < 1.29 is 41.1 Å². The molecular formula is C21H10Cl3F5N4O4. The van der Waals surface area contributed by atoms with E-state index in [1.54, 1.807) is 10.6 Å². The molecule has 0 radical (unpaired) electrons. The number of hydrogen-bond acceptors (Lipinski definition) is 5. The lowest BCUT2D eigenvalue weighted by Crippen LogP contribution is -2.44. The maximum absolute atomic E-state index is 13.6. The Kier molecular flexibility index (Phi) is 8.41. The Morgan fingerprint density at radius 1 is 0.865 bits per heavy atom. The van der Waals surface area contributed by atoms with Crippen molar-refractivity contribution >= 4 is 58.5 Å². The third kappa shape index (κ3) is 6.96. The van der Waals surface area contributed by atoms with Crippen LogP contribution in [0.2, 0.25) is 15.1 Å². The van der Waals surface area contributed by atoms with Gasteiger partial charge in [-0.3, -0.25) is 15.4 Å². The average molecular weight is 584 g/mol. The number of carbonyl (C=O) groups is 3. The summed E-state index contributed by atoms with van der Waals surface area (Å²) in [4.78, 5) is 39.3. The highest BCUT2D eigenvalue weighted by Gasteiger charge is 2.32. The lowest BCUT2D eigenvalue weighted by atomic mass is 10.2. The van der Waals surface area contributed by atoms with Crippen LogP contribution in [0.15, 0.2) is 42.6 Å². The number of rotatable bonds is 4. The molecule has 0 bridgehead atoms. The predicted molar refractivity (Wildman–Crippen MR) is 122 cm³/mol. The highest BCUT2D eigenvalue weighted by molar-refractivity contribution is 6.38. The van der Waals surface area contributed by atoms with Crippen LogP contribution in [0.1, 0.15) is 15.9 Å². The van der Waals surface area contributed by atoms with Crippen molar-refractivity contribution in [2.45, 2.75) is 6.18 Å². The summed E-state index contributed by atoms with van der Waals surface area (Å²) in [6.07, 6.45) is -4.20. The van der Waals surface area contributed by atoms with Crippen LogP contribution >= 0.6 is 34.8 Å². The fraction of sp³-hybridized carbons (Fsp3) is 0.0476. The lowest BCUT2D eigenvalue weighted by molar-refractivity contribution is -0.137. The molecule has 8 nitrogen and oxygen atoms in total. The molecule has 1 heterocycles. The number of nitrogens with zero attached hydrogens (tertiary/aromatic N) is 1. The van der Waals surface area contributed by atoms with Gasteiger partial charge in [-0.05, 0) is 30.3 Å². The fourth-order valence-corrected chi connectivity index (χ4v) is 3.43. The summed E-state index contributed by atoms with van der Waals surface area (Å²) in [5, 5.41) is 4.45. The van der Waals surface area contributed by atoms with Gasteiger partial charge in [-0.1, -0.05) is 40.9 Å². The molecule has 37 heavy (non-hydrogen) atoms. The van der Waals surface area contributed by atoms with Crippen LogP contribution in [0, 0.1) is 11.6 Å². The Balaban J connectivity index is 1.66. The molecule has 0 aliphatic rings. The van der Waals surface area contributed by atoms with E-state index in [4.69, 9.17) is 39.5 Å². The molecule has 0 saturated carbocycles. The van der Waals surface area contributed by atoms with E-state index in [2.05, 4.69) is 10.3 Å². The number of imide groups is 2. The molecule has 3 rings (SSSR count). The summed E-state index contributed by atoms with van der Waals surface area (Å²) in [7, 11) is 0. The van der Waals surface area contributed by atoms with E-state index in [0.29, 0.717) is 12.3 Å². The quantitative estimate of drug-likeness (QED) is 0.293. The zero-order valence-corrected chi connectivity index (χ0v) is 19.9. The molecule has 0 atom stereocenters. The highest BCUT2D eigenvalue weighted by atomic mass is 35.5. The van der Waals surface area contributed by atoms with Crippen molar-refractivity contribution in [3.63, 3.8) is 0 Å². The summed E-state index contributed by atoms with van der Waals surface area (Å²) in [6, 6.07) is 2.77. The molecule has 0 saturated heterocycles. The van der Waals surface area contributed by atoms with E-state index in [1.807, 2.05) is 0 Å². The van der Waals surface area contributed by atoms with Gasteiger partial charge < -0.3 is 10.1 Å². The van der Waals surface area contributed by atoms with Crippen LogP contribution in [0.25, 0.3) is 0 Å². The Labute approximate surface area is 218 Å². The highest BCUT2D eigenvalue weighted by Crippen LogP contribution is 2.41. The first-order chi connectivity index (χ1) is 17.3. The number of amides is 5. The SMILES string of the molecule is O=C(NC(=O)Nc1cc(Cl)c(Oc2ncc(C(F)(F)F)cc2Cl)c(Cl)c1)NC(=O)c1c(F)cccc1F.